The fourth-order valence-corrected chi connectivity index (χ4v) is 11.5. The van der Waals surface area contributed by atoms with Crippen LogP contribution in [0.2, 0.25) is 0 Å². The molecule has 10 heteroatoms. The van der Waals surface area contributed by atoms with E-state index in [1.54, 1.807) is 0 Å². The van der Waals surface area contributed by atoms with Crippen molar-refractivity contribution < 1.29 is 42.1 Å². The zero-order valence-electron chi connectivity index (χ0n) is 59.6. The lowest BCUT2D eigenvalue weighted by atomic mass is 10.0. The summed E-state index contributed by atoms with van der Waals surface area (Å²) in [5.41, 5.74) is 0. The molecule has 0 saturated carbocycles. The molecule has 0 amide bonds. The van der Waals surface area contributed by atoms with Gasteiger partial charge in [0, 0.05) is 12.8 Å². The molecule has 0 rings (SSSR count). The minimum atomic E-state index is -4.65. The lowest BCUT2D eigenvalue weighted by Crippen LogP contribution is -2.37. The molecule has 2 unspecified atom stereocenters. The highest BCUT2D eigenvalue weighted by atomic mass is 31.2. The maximum atomic E-state index is 12.9. The van der Waals surface area contributed by atoms with Crippen molar-refractivity contribution in [2.24, 2.45) is 0 Å². The zero-order chi connectivity index (χ0) is 65.5. The smallest absolute Gasteiger partial charge is 0.306 e. The monoisotopic (exact) mass is 1280 g/mol. The third kappa shape index (κ3) is 74.0. The fraction of sp³-hybridized carbons (Fsp3) is 0.775. The van der Waals surface area contributed by atoms with Crippen LogP contribution in [0.15, 0.2) is 97.2 Å². The predicted molar refractivity (Wildman–Crippen MR) is 388 cm³/mol. The Morgan fingerprint density at radius 3 is 0.956 bits per heavy atom. The average molecular weight is 1280 g/mol. The van der Waals surface area contributed by atoms with Gasteiger partial charge >= 0.3 is 11.9 Å². The highest BCUT2D eigenvalue weighted by Crippen LogP contribution is 2.38. The lowest BCUT2D eigenvalue weighted by Gasteiger charge is -2.28. The van der Waals surface area contributed by atoms with Crippen molar-refractivity contribution in [3.8, 4) is 0 Å². The van der Waals surface area contributed by atoms with Gasteiger partial charge in [-0.05, 0) is 96.3 Å². The van der Waals surface area contributed by atoms with E-state index in [2.05, 4.69) is 111 Å². The minimum absolute atomic E-state index is 0.0382. The first-order chi connectivity index (χ1) is 44.0. The van der Waals surface area contributed by atoms with E-state index >= 15 is 0 Å². The summed E-state index contributed by atoms with van der Waals surface area (Å²) < 4.78 is 34.3. The third-order valence-corrected chi connectivity index (χ3v) is 17.6. The molecule has 0 heterocycles. The summed E-state index contributed by atoms with van der Waals surface area (Å²) in [6, 6.07) is 0. The predicted octanol–water partition coefficient (Wildman–Crippen LogP) is 24.4. The maximum absolute atomic E-state index is 12.9. The molecule has 0 aliphatic heterocycles. The van der Waals surface area contributed by atoms with Crippen LogP contribution < -0.4 is 4.89 Å². The number of unbranched alkanes of at least 4 members (excludes halogenated alkanes) is 40. The second-order valence-electron chi connectivity index (χ2n) is 26.6. The number of phosphoric acid groups is 1. The molecule has 0 aromatic heterocycles. The first-order valence-corrected chi connectivity index (χ1v) is 39.4. The molecule has 0 radical (unpaired) electrons. The van der Waals surface area contributed by atoms with Crippen molar-refractivity contribution in [3.05, 3.63) is 97.2 Å². The van der Waals surface area contributed by atoms with Crippen molar-refractivity contribution in [1.82, 2.24) is 0 Å². The van der Waals surface area contributed by atoms with Gasteiger partial charge in [0.1, 0.15) is 19.8 Å². The van der Waals surface area contributed by atoms with Gasteiger partial charge < -0.3 is 27.9 Å². The number of quaternary nitrogens is 1. The van der Waals surface area contributed by atoms with E-state index in [0.29, 0.717) is 17.4 Å². The molecule has 0 saturated heterocycles. The topological polar surface area (TPSA) is 111 Å². The molecule has 0 bridgehead atoms. The number of carbonyl (C=O) groups is 2. The Labute approximate surface area is 557 Å². The number of ether oxygens (including phenoxy) is 2. The molecule has 2 atom stereocenters. The van der Waals surface area contributed by atoms with Crippen molar-refractivity contribution in [1.29, 1.82) is 0 Å². The molecule has 0 aliphatic carbocycles. The molecule has 0 spiro atoms. The van der Waals surface area contributed by atoms with E-state index in [9.17, 15) is 19.0 Å². The number of esters is 2. The number of carbonyl (C=O) groups excluding carboxylic acids is 2. The fourth-order valence-electron chi connectivity index (χ4n) is 10.8. The van der Waals surface area contributed by atoms with Crippen molar-refractivity contribution in [2.75, 3.05) is 47.5 Å². The first kappa shape index (κ1) is 86.9. The summed E-state index contributed by atoms with van der Waals surface area (Å²) >= 11 is 0. The Hall–Kier alpha value is -3.07. The Balaban J connectivity index is 3.98. The van der Waals surface area contributed by atoms with Gasteiger partial charge in [-0.2, -0.15) is 0 Å². The normalized spacial score (nSPS) is 13.6. The van der Waals surface area contributed by atoms with E-state index in [-0.39, 0.29) is 32.0 Å². The maximum Gasteiger partial charge on any atom is 0.306 e. The van der Waals surface area contributed by atoms with Gasteiger partial charge in [0.2, 0.25) is 0 Å². The highest BCUT2D eigenvalue weighted by molar-refractivity contribution is 7.45. The van der Waals surface area contributed by atoms with Crippen LogP contribution in [0.4, 0.5) is 0 Å². The average Bonchev–Trinajstić information content (AvgIpc) is 3.61. The van der Waals surface area contributed by atoms with E-state index < -0.39 is 26.5 Å². The zero-order valence-corrected chi connectivity index (χ0v) is 60.5. The number of hydrogen-bond donors (Lipinski definition) is 0. The van der Waals surface area contributed by atoms with Gasteiger partial charge in [-0.3, -0.25) is 14.2 Å². The molecule has 0 aromatic carbocycles. The van der Waals surface area contributed by atoms with Crippen LogP contribution in [-0.2, 0) is 32.7 Å². The lowest BCUT2D eigenvalue weighted by molar-refractivity contribution is -0.870. The molecular formula is C80H144NO8P. The molecule has 522 valence electrons. The SMILES string of the molecule is CC/C=C\C/C=C\C/C=C\C/C=C\C/C=C\C/C=C\C/C=C\CCCCCCCC(=O)OC(COC(=O)CCCCCCCCCCCCCCCCCCCCCCCCCCCCC/C=C\CCCCCCCCCC)COP(=O)([O-])OCC[N+](C)(C)C. The quantitative estimate of drug-likeness (QED) is 0.0195. The van der Waals surface area contributed by atoms with E-state index in [4.69, 9.17) is 18.5 Å². The summed E-state index contributed by atoms with van der Waals surface area (Å²) in [6.45, 7) is 4.14. The van der Waals surface area contributed by atoms with Gasteiger partial charge in [-0.15, -0.1) is 0 Å². The standard InChI is InChI=1S/C80H144NO8P/c1-6-8-10-12-14-16-18-20-22-24-26-28-30-32-34-35-36-37-38-39-40-41-42-43-44-45-47-48-50-52-54-56-58-60-62-64-66-68-70-72-79(82)86-76-78(77-88-90(84,85)87-75-74-81(3,4)5)89-80(83)73-71-69-67-65-63-61-59-57-55-53-51-49-46-33-31-29-27-25-23-21-19-17-15-13-11-9-7-2/h9,11,15,17,21,23-24,26-27,29,33,46,51,53,57,59,78H,6-8,10,12-14,16,18-20,22,25,28,30-32,34-45,47-50,52,54-56,58,60-77H2,1-5H3/b11-9-,17-15-,23-21-,26-24-,29-27-,46-33-,53-51-,59-57-. The summed E-state index contributed by atoms with van der Waals surface area (Å²) in [4.78, 5) is 38.1. The van der Waals surface area contributed by atoms with Crippen molar-refractivity contribution in [3.63, 3.8) is 0 Å². The van der Waals surface area contributed by atoms with Crippen LogP contribution in [0.1, 0.15) is 348 Å². The molecule has 0 aliphatic rings. The van der Waals surface area contributed by atoms with Crippen LogP contribution in [0.5, 0.6) is 0 Å². The van der Waals surface area contributed by atoms with Crippen LogP contribution in [0.3, 0.4) is 0 Å². The highest BCUT2D eigenvalue weighted by Gasteiger charge is 2.22. The number of nitrogens with zero attached hydrogens (tertiary/aromatic N) is 1. The number of likely N-dealkylation sites (N-methyl/N-ethyl adjacent to an activating group) is 1. The van der Waals surface area contributed by atoms with E-state index in [1.165, 1.54) is 218 Å². The van der Waals surface area contributed by atoms with Gasteiger partial charge in [-0.1, -0.05) is 336 Å². The van der Waals surface area contributed by atoms with Gasteiger partial charge in [0.15, 0.2) is 6.10 Å². The van der Waals surface area contributed by atoms with Crippen LogP contribution in [0, 0.1) is 0 Å². The van der Waals surface area contributed by atoms with E-state index in [0.717, 1.165) is 96.3 Å². The Bertz CT molecular complexity index is 1840. The Morgan fingerprint density at radius 1 is 0.356 bits per heavy atom. The number of allylic oxidation sites excluding steroid dienone is 16. The Morgan fingerprint density at radius 2 is 0.633 bits per heavy atom. The van der Waals surface area contributed by atoms with E-state index in [1.807, 2.05) is 21.1 Å². The summed E-state index contributed by atoms with van der Waals surface area (Å²) in [6.07, 6.45) is 98.1. The van der Waals surface area contributed by atoms with Crippen LogP contribution in [0.25, 0.3) is 0 Å². The number of rotatable bonds is 70. The minimum Gasteiger partial charge on any atom is -0.756 e. The largest absolute Gasteiger partial charge is 0.756 e. The first-order valence-electron chi connectivity index (χ1n) is 37.9. The molecule has 0 aromatic rings. The van der Waals surface area contributed by atoms with Crippen molar-refractivity contribution in [2.45, 2.75) is 354 Å². The van der Waals surface area contributed by atoms with Crippen LogP contribution in [-0.4, -0.2) is 70.0 Å². The molecule has 9 nitrogen and oxygen atoms in total. The molecular weight excluding hydrogens is 1130 g/mol. The number of hydrogen-bond acceptors (Lipinski definition) is 8. The van der Waals surface area contributed by atoms with Gasteiger partial charge in [0.05, 0.1) is 27.7 Å². The molecule has 90 heavy (non-hydrogen) atoms. The van der Waals surface area contributed by atoms with Gasteiger partial charge in [-0.25, -0.2) is 0 Å². The Kier molecular flexibility index (Phi) is 67.9. The van der Waals surface area contributed by atoms with Gasteiger partial charge in [0.25, 0.3) is 7.82 Å². The van der Waals surface area contributed by atoms with Crippen molar-refractivity contribution >= 4 is 19.8 Å². The summed E-state index contributed by atoms with van der Waals surface area (Å²) in [7, 11) is 1.15. The number of phosphoric ester groups is 1. The molecule has 0 N–H and O–H groups in total. The third-order valence-electron chi connectivity index (χ3n) is 16.6. The summed E-state index contributed by atoms with van der Waals surface area (Å²) in [5.74, 6) is -0.848. The van der Waals surface area contributed by atoms with Crippen LogP contribution >= 0.6 is 7.82 Å². The summed E-state index contributed by atoms with van der Waals surface area (Å²) in [5, 5.41) is 0. The second-order valence-corrected chi connectivity index (χ2v) is 28.0. The second kappa shape index (κ2) is 70.3. The molecule has 0 fully saturated rings.